The summed E-state index contributed by atoms with van der Waals surface area (Å²) in [6.07, 6.45) is 7.16. The molecule has 1 atom stereocenters. The molecule has 2 aromatic rings. The Hall–Kier alpha value is -2.07. The van der Waals surface area contributed by atoms with E-state index in [-0.39, 0.29) is 11.9 Å². The Morgan fingerprint density at radius 2 is 1.73 bits per heavy atom. The molecule has 33 heavy (non-hydrogen) atoms. The summed E-state index contributed by atoms with van der Waals surface area (Å²) in [6.45, 7) is 12.1. The van der Waals surface area contributed by atoms with Gasteiger partial charge in [-0.05, 0) is 97.9 Å². The van der Waals surface area contributed by atoms with Gasteiger partial charge in [0, 0.05) is 13.1 Å². The van der Waals surface area contributed by atoms with Crippen LogP contribution in [-0.2, 0) is 16.1 Å². The summed E-state index contributed by atoms with van der Waals surface area (Å²) in [6, 6.07) is 13.2. The number of ether oxygens (including phenoxy) is 2. The quantitative estimate of drug-likeness (QED) is 0.464. The topological polar surface area (TPSA) is 38.8 Å². The van der Waals surface area contributed by atoms with E-state index >= 15 is 0 Å². The second-order valence-corrected chi connectivity index (χ2v) is 11.1. The molecule has 1 saturated heterocycles. The molecular weight excluding hydrogens is 410 g/mol. The smallest absolute Gasteiger partial charge is 0.310 e. The summed E-state index contributed by atoms with van der Waals surface area (Å²) in [5, 5.41) is 2.47. The molecule has 4 heteroatoms. The van der Waals surface area contributed by atoms with Crippen LogP contribution in [0.4, 0.5) is 0 Å². The molecule has 4 rings (SSSR count). The molecule has 0 aromatic heterocycles. The summed E-state index contributed by atoms with van der Waals surface area (Å²) in [4.78, 5) is 14.5. The molecule has 4 nitrogen and oxygen atoms in total. The highest BCUT2D eigenvalue weighted by Gasteiger charge is 2.30. The van der Waals surface area contributed by atoms with Crippen LogP contribution >= 0.6 is 0 Å². The number of piperidine rings is 1. The van der Waals surface area contributed by atoms with Crippen molar-refractivity contribution >= 4 is 16.7 Å². The van der Waals surface area contributed by atoms with Gasteiger partial charge in [-0.2, -0.15) is 0 Å². The van der Waals surface area contributed by atoms with Gasteiger partial charge in [-0.1, -0.05) is 39.0 Å². The van der Waals surface area contributed by atoms with Gasteiger partial charge in [0.25, 0.3) is 0 Å². The van der Waals surface area contributed by atoms with Crippen molar-refractivity contribution in [2.24, 2.45) is 17.3 Å². The number of carbonyl (C=O) groups is 1. The van der Waals surface area contributed by atoms with Crippen LogP contribution in [0.2, 0.25) is 0 Å². The molecule has 1 saturated carbocycles. The molecule has 0 bridgehead atoms. The number of rotatable bonds is 6. The van der Waals surface area contributed by atoms with Crippen LogP contribution < -0.4 is 4.74 Å². The lowest BCUT2D eigenvalue weighted by atomic mass is 9.72. The maximum atomic E-state index is 12.1. The minimum Gasteiger partial charge on any atom is -0.490 e. The fourth-order valence-electron chi connectivity index (χ4n) is 5.59. The molecule has 0 N–H and O–H groups in total. The van der Waals surface area contributed by atoms with Crippen LogP contribution in [-0.4, -0.2) is 36.7 Å². The molecule has 1 aliphatic carbocycles. The van der Waals surface area contributed by atoms with Crippen molar-refractivity contribution in [3.63, 3.8) is 0 Å². The molecule has 0 radical (unpaired) electrons. The molecule has 1 aliphatic heterocycles. The molecule has 2 aromatic carbocycles. The van der Waals surface area contributed by atoms with Gasteiger partial charge in [0.05, 0.1) is 18.6 Å². The zero-order valence-electron chi connectivity index (χ0n) is 20.9. The van der Waals surface area contributed by atoms with Crippen LogP contribution in [0.5, 0.6) is 5.75 Å². The fraction of sp³-hybridized carbons (Fsp3) is 0.621. The van der Waals surface area contributed by atoms with Gasteiger partial charge in [-0.25, -0.2) is 0 Å². The van der Waals surface area contributed by atoms with E-state index in [0.29, 0.717) is 18.1 Å². The van der Waals surface area contributed by atoms with E-state index in [4.69, 9.17) is 9.47 Å². The highest BCUT2D eigenvalue weighted by molar-refractivity contribution is 5.84. The fourth-order valence-corrected chi connectivity index (χ4v) is 5.59. The molecule has 0 spiro atoms. The summed E-state index contributed by atoms with van der Waals surface area (Å²) in [5.74, 6) is 1.76. The predicted molar refractivity (Wildman–Crippen MR) is 134 cm³/mol. The first kappa shape index (κ1) is 24.1. The third-order valence-electron chi connectivity index (χ3n) is 7.61. The van der Waals surface area contributed by atoms with E-state index in [1.807, 2.05) is 6.92 Å². The minimum atomic E-state index is -0.0415. The molecule has 2 fully saturated rings. The monoisotopic (exact) mass is 451 g/mol. The molecule has 180 valence electrons. The van der Waals surface area contributed by atoms with Crippen molar-refractivity contribution in [2.45, 2.75) is 78.9 Å². The SMILES string of the molecule is CCOC(=O)[C@@H]1CCCN(Cc2ccc3cc(OC4CCC(C(C)(C)C)CC4)ccc3c2)C1. The number of hydrogen-bond acceptors (Lipinski definition) is 4. The maximum absolute atomic E-state index is 12.1. The van der Waals surface area contributed by atoms with Crippen molar-refractivity contribution in [1.29, 1.82) is 0 Å². The lowest BCUT2D eigenvalue weighted by molar-refractivity contribution is -0.150. The molecule has 2 aliphatic rings. The summed E-state index contributed by atoms with van der Waals surface area (Å²) >= 11 is 0. The second-order valence-electron chi connectivity index (χ2n) is 11.1. The van der Waals surface area contributed by atoms with Crippen molar-refractivity contribution in [3.05, 3.63) is 42.0 Å². The minimum absolute atomic E-state index is 0.0114. The lowest BCUT2D eigenvalue weighted by Gasteiger charge is -2.37. The van der Waals surface area contributed by atoms with E-state index in [2.05, 4.69) is 62.1 Å². The van der Waals surface area contributed by atoms with Gasteiger partial charge in [0.1, 0.15) is 5.75 Å². The Balaban J connectivity index is 1.35. The van der Waals surface area contributed by atoms with Crippen molar-refractivity contribution in [3.8, 4) is 5.75 Å². The van der Waals surface area contributed by atoms with Crippen LogP contribution in [0, 0.1) is 17.3 Å². The third-order valence-corrected chi connectivity index (χ3v) is 7.61. The van der Waals surface area contributed by atoms with Gasteiger partial charge in [-0.15, -0.1) is 0 Å². The lowest BCUT2D eigenvalue weighted by Crippen LogP contribution is -2.38. The number of hydrogen-bond donors (Lipinski definition) is 0. The Kier molecular flexibility index (Phi) is 7.63. The highest BCUT2D eigenvalue weighted by atomic mass is 16.5. The first-order valence-corrected chi connectivity index (χ1v) is 12.9. The van der Waals surface area contributed by atoms with Gasteiger partial charge >= 0.3 is 5.97 Å². The van der Waals surface area contributed by atoms with E-state index in [0.717, 1.165) is 57.0 Å². The Morgan fingerprint density at radius 3 is 2.45 bits per heavy atom. The van der Waals surface area contributed by atoms with Crippen molar-refractivity contribution in [2.75, 3.05) is 19.7 Å². The molecule has 1 heterocycles. The standard InChI is InChI=1S/C29H41NO3/c1-5-32-28(31)24-7-6-16-30(20-24)19-21-8-9-23-18-27(13-10-22(23)17-21)33-26-14-11-25(12-15-26)29(2,3)4/h8-10,13,17-18,24-26H,5-7,11-12,14-16,19-20H2,1-4H3/t24-,25?,26?/m1/s1. The summed E-state index contributed by atoms with van der Waals surface area (Å²) < 4.78 is 11.6. The summed E-state index contributed by atoms with van der Waals surface area (Å²) in [7, 11) is 0. The van der Waals surface area contributed by atoms with E-state index in [9.17, 15) is 4.79 Å². The van der Waals surface area contributed by atoms with Gasteiger partial charge < -0.3 is 9.47 Å². The number of nitrogens with zero attached hydrogens (tertiary/aromatic N) is 1. The third kappa shape index (κ3) is 6.29. The second kappa shape index (κ2) is 10.5. The van der Waals surface area contributed by atoms with Crippen molar-refractivity contribution < 1.29 is 14.3 Å². The summed E-state index contributed by atoms with van der Waals surface area (Å²) in [5.41, 5.74) is 1.70. The maximum Gasteiger partial charge on any atom is 0.310 e. The van der Waals surface area contributed by atoms with Crippen LogP contribution in [0.3, 0.4) is 0 Å². The van der Waals surface area contributed by atoms with E-state index in [1.54, 1.807) is 0 Å². The molecular formula is C29H41NO3. The average molecular weight is 452 g/mol. The average Bonchev–Trinajstić information content (AvgIpc) is 2.79. The van der Waals surface area contributed by atoms with Crippen LogP contribution in [0.1, 0.15) is 71.8 Å². The number of carbonyl (C=O) groups excluding carboxylic acids is 1. The predicted octanol–water partition coefficient (Wildman–Crippen LogP) is 6.60. The number of benzene rings is 2. The van der Waals surface area contributed by atoms with Crippen LogP contribution in [0.25, 0.3) is 10.8 Å². The molecule has 0 unspecified atom stereocenters. The number of likely N-dealkylation sites (tertiary alicyclic amines) is 1. The number of esters is 1. The Bertz CT molecular complexity index is 940. The Labute approximate surface area is 199 Å². The largest absolute Gasteiger partial charge is 0.490 e. The van der Waals surface area contributed by atoms with Crippen molar-refractivity contribution in [1.82, 2.24) is 4.90 Å². The molecule has 0 amide bonds. The van der Waals surface area contributed by atoms with Gasteiger partial charge in [-0.3, -0.25) is 9.69 Å². The zero-order chi connectivity index (χ0) is 23.4. The van der Waals surface area contributed by atoms with E-state index in [1.165, 1.54) is 29.2 Å². The zero-order valence-corrected chi connectivity index (χ0v) is 20.9. The van der Waals surface area contributed by atoms with Crippen LogP contribution in [0.15, 0.2) is 36.4 Å². The normalized spacial score (nSPS) is 24.5. The Morgan fingerprint density at radius 1 is 1.00 bits per heavy atom. The first-order valence-electron chi connectivity index (χ1n) is 12.9. The van der Waals surface area contributed by atoms with Gasteiger partial charge in [0.15, 0.2) is 0 Å². The number of fused-ring (bicyclic) bond motifs is 1. The van der Waals surface area contributed by atoms with E-state index < -0.39 is 0 Å². The van der Waals surface area contributed by atoms with Gasteiger partial charge in [0.2, 0.25) is 0 Å². The first-order chi connectivity index (χ1) is 15.8. The highest BCUT2D eigenvalue weighted by Crippen LogP contribution is 2.39.